The number of likely N-dealkylation sites (N-methyl/N-ethyl adjacent to an activating group) is 1. The Morgan fingerprint density at radius 2 is 2.27 bits per heavy atom. The molecule has 1 heterocycles. The van der Waals surface area contributed by atoms with Crippen LogP contribution in [-0.4, -0.2) is 35.5 Å². The topological polar surface area (TPSA) is 96.8 Å². The van der Waals surface area contributed by atoms with Crippen molar-refractivity contribution in [2.45, 2.75) is 6.54 Å². The second-order valence-electron chi connectivity index (χ2n) is 3.22. The molecular formula is C9H12N2O4. The van der Waals surface area contributed by atoms with E-state index in [1.165, 1.54) is 6.26 Å². The lowest BCUT2D eigenvalue weighted by Crippen LogP contribution is -2.30. The summed E-state index contributed by atoms with van der Waals surface area (Å²) < 4.78 is 4.79. The smallest absolute Gasteiger partial charge is 0.372 e. The summed E-state index contributed by atoms with van der Waals surface area (Å²) in [5.41, 5.74) is 5.52. The van der Waals surface area contributed by atoms with E-state index in [1.54, 1.807) is 18.0 Å². The molecule has 1 aromatic rings. The van der Waals surface area contributed by atoms with Gasteiger partial charge in [-0.25, -0.2) is 4.79 Å². The lowest BCUT2D eigenvalue weighted by Gasteiger charge is -2.13. The summed E-state index contributed by atoms with van der Waals surface area (Å²) in [6.07, 6.45) is 1.30. The van der Waals surface area contributed by atoms with Gasteiger partial charge in [0.05, 0.1) is 12.8 Å². The molecule has 0 aliphatic rings. The summed E-state index contributed by atoms with van der Waals surface area (Å²) in [5, 5.41) is 8.75. The standard InChI is InChI=1S/C9H12N2O4/c1-11(5-7(10)12)4-6-2-3-15-8(6)9(13)14/h2-3H,4-5H2,1H3,(H2,10,12)(H,13,14). The minimum atomic E-state index is -1.12. The second kappa shape index (κ2) is 4.61. The quantitative estimate of drug-likeness (QED) is 0.710. The van der Waals surface area contributed by atoms with Gasteiger partial charge in [-0.3, -0.25) is 9.69 Å². The number of nitrogens with two attached hydrogens (primary N) is 1. The molecule has 0 fully saturated rings. The number of hydrogen-bond acceptors (Lipinski definition) is 4. The Morgan fingerprint density at radius 3 is 2.80 bits per heavy atom. The zero-order chi connectivity index (χ0) is 11.4. The Bertz CT molecular complexity index is 372. The van der Waals surface area contributed by atoms with Gasteiger partial charge in [0.1, 0.15) is 0 Å². The molecule has 0 spiro atoms. The van der Waals surface area contributed by atoms with Crippen LogP contribution in [0.5, 0.6) is 0 Å². The van der Waals surface area contributed by atoms with Crippen LogP contribution in [0.25, 0.3) is 0 Å². The number of rotatable bonds is 5. The molecule has 0 saturated carbocycles. The number of carboxylic acids is 1. The highest BCUT2D eigenvalue weighted by molar-refractivity contribution is 5.86. The first-order chi connectivity index (χ1) is 7.00. The molecule has 0 aliphatic carbocycles. The number of aromatic carboxylic acids is 1. The normalized spacial score (nSPS) is 10.5. The zero-order valence-corrected chi connectivity index (χ0v) is 8.27. The molecule has 1 amide bonds. The minimum Gasteiger partial charge on any atom is -0.475 e. The van der Waals surface area contributed by atoms with Crippen molar-refractivity contribution in [1.82, 2.24) is 4.90 Å². The van der Waals surface area contributed by atoms with Crippen molar-refractivity contribution in [2.75, 3.05) is 13.6 Å². The molecular weight excluding hydrogens is 200 g/mol. The van der Waals surface area contributed by atoms with Crippen LogP contribution < -0.4 is 5.73 Å². The fourth-order valence-corrected chi connectivity index (χ4v) is 1.26. The van der Waals surface area contributed by atoms with Crippen LogP contribution in [0.2, 0.25) is 0 Å². The fraction of sp³-hybridized carbons (Fsp3) is 0.333. The Morgan fingerprint density at radius 1 is 1.60 bits per heavy atom. The van der Waals surface area contributed by atoms with E-state index < -0.39 is 11.9 Å². The minimum absolute atomic E-state index is 0.0736. The van der Waals surface area contributed by atoms with Crippen LogP contribution >= 0.6 is 0 Å². The molecule has 0 aromatic carbocycles. The summed E-state index contributed by atoms with van der Waals surface area (Å²) >= 11 is 0. The molecule has 0 radical (unpaired) electrons. The second-order valence-corrected chi connectivity index (χ2v) is 3.22. The van der Waals surface area contributed by atoms with Crippen LogP contribution in [0.4, 0.5) is 0 Å². The molecule has 0 saturated heterocycles. The van der Waals surface area contributed by atoms with E-state index in [0.29, 0.717) is 12.1 Å². The highest BCUT2D eigenvalue weighted by Crippen LogP contribution is 2.12. The molecule has 1 aromatic heterocycles. The van der Waals surface area contributed by atoms with E-state index in [4.69, 9.17) is 15.3 Å². The van der Waals surface area contributed by atoms with Gasteiger partial charge in [0.2, 0.25) is 11.7 Å². The average Bonchev–Trinajstić information content (AvgIpc) is 2.50. The van der Waals surface area contributed by atoms with Crippen molar-refractivity contribution in [3.8, 4) is 0 Å². The number of carbonyl (C=O) groups is 2. The summed E-state index contributed by atoms with van der Waals surface area (Å²) in [5.74, 6) is -1.69. The van der Waals surface area contributed by atoms with Gasteiger partial charge in [0.25, 0.3) is 0 Å². The molecule has 15 heavy (non-hydrogen) atoms. The predicted octanol–water partition coefficient (Wildman–Crippen LogP) is -0.105. The molecule has 0 atom stereocenters. The Labute approximate surface area is 86.3 Å². The van der Waals surface area contributed by atoms with Crippen LogP contribution in [0.3, 0.4) is 0 Å². The van der Waals surface area contributed by atoms with E-state index in [2.05, 4.69) is 0 Å². The number of nitrogens with zero attached hydrogens (tertiary/aromatic N) is 1. The molecule has 6 heteroatoms. The third-order valence-electron chi connectivity index (χ3n) is 1.81. The molecule has 0 bridgehead atoms. The summed E-state index contributed by atoms with van der Waals surface area (Å²) in [6.45, 7) is 0.380. The van der Waals surface area contributed by atoms with Crippen molar-refractivity contribution in [3.05, 3.63) is 23.7 Å². The van der Waals surface area contributed by atoms with Crippen LogP contribution in [-0.2, 0) is 11.3 Å². The van der Waals surface area contributed by atoms with Gasteiger partial charge in [-0.05, 0) is 13.1 Å². The maximum Gasteiger partial charge on any atom is 0.372 e. The van der Waals surface area contributed by atoms with Crippen molar-refractivity contribution in [1.29, 1.82) is 0 Å². The van der Waals surface area contributed by atoms with Crippen molar-refractivity contribution in [2.24, 2.45) is 5.73 Å². The van der Waals surface area contributed by atoms with Gasteiger partial charge in [0, 0.05) is 12.1 Å². The van der Waals surface area contributed by atoms with E-state index in [9.17, 15) is 9.59 Å². The highest BCUT2D eigenvalue weighted by atomic mass is 16.4. The Kier molecular flexibility index (Phi) is 3.46. The van der Waals surface area contributed by atoms with E-state index in [0.717, 1.165) is 0 Å². The van der Waals surface area contributed by atoms with Crippen molar-refractivity contribution < 1.29 is 19.1 Å². The first-order valence-corrected chi connectivity index (χ1v) is 4.27. The summed E-state index contributed by atoms with van der Waals surface area (Å²) in [4.78, 5) is 22.9. The maximum atomic E-state index is 10.7. The SMILES string of the molecule is CN(CC(N)=O)Cc1ccoc1C(=O)O. The number of carbonyl (C=O) groups excluding carboxylic acids is 1. The molecule has 6 nitrogen and oxygen atoms in total. The first-order valence-electron chi connectivity index (χ1n) is 4.27. The maximum absolute atomic E-state index is 10.7. The number of amides is 1. The highest BCUT2D eigenvalue weighted by Gasteiger charge is 2.15. The van der Waals surface area contributed by atoms with Crippen molar-refractivity contribution >= 4 is 11.9 Å². The van der Waals surface area contributed by atoms with Crippen LogP contribution in [0, 0.1) is 0 Å². The van der Waals surface area contributed by atoms with E-state index >= 15 is 0 Å². The van der Waals surface area contributed by atoms with Crippen LogP contribution in [0.1, 0.15) is 16.1 Å². The third kappa shape index (κ3) is 3.10. The molecule has 0 aliphatic heterocycles. The van der Waals surface area contributed by atoms with Gasteiger partial charge in [-0.2, -0.15) is 0 Å². The number of hydrogen-bond donors (Lipinski definition) is 2. The van der Waals surface area contributed by atoms with E-state index in [-0.39, 0.29) is 12.3 Å². The van der Waals surface area contributed by atoms with Gasteiger partial charge in [-0.15, -0.1) is 0 Å². The van der Waals surface area contributed by atoms with Crippen LogP contribution in [0.15, 0.2) is 16.7 Å². The van der Waals surface area contributed by atoms with E-state index in [1.807, 2.05) is 0 Å². The number of carboxylic acid groups (broad SMARTS) is 1. The lowest BCUT2D eigenvalue weighted by atomic mass is 10.2. The summed E-state index contributed by atoms with van der Waals surface area (Å²) in [7, 11) is 1.67. The molecule has 3 N–H and O–H groups in total. The van der Waals surface area contributed by atoms with Gasteiger partial charge < -0.3 is 15.3 Å². The summed E-state index contributed by atoms with van der Waals surface area (Å²) in [6, 6.07) is 1.56. The zero-order valence-electron chi connectivity index (χ0n) is 8.27. The molecule has 0 unspecified atom stereocenters. The monoisotopic (exact) mass is 212 g/mol. The molecule has 1 rings (SSSR count). The largest absolute Gasteiger partial charge is 0.475 e. The third-order valence-corrected chi connectivity index (χ3v) is 1.81. The van der Waals surface area contributed by atoms with Gasteiger partial charge >= 0.3 is 5.97 Å². The average molecular weight is 212 g/mol. The number of primary amides is 1. The van der Waals surface area contributed by atoms with Gasteiger partial charge in [-0.1, -0.05) is 0 Å². The first kappa shape index (κ1) is 11.3. The predicted molar refractivity (Wildman–Crippen MR) is 51.2 cm³/mol. The van der Waals surface area contributed by atoms with Crippen molar-refractivity contribution in [3.63, 3.8) is 0 Å². The Hall–Kier alpha value is -1.82. The lowest BCUT2D eigenvalue weighted by molar-refractivity contribution is -0.118. The fourth-order valence-electron chi connectivity index (χ4n) is 1.26. The van der Waals surface area contributed by atoms with Gasteiger partial charge in [0.15, 0.2) is 0 Å². The number of furan rings is 1. The Balaban J connectivity index is 2.67. The molecule has 82 valence electrons.